The van der Waals surface area contributed by atoms with Crippen molar-refractivity contribution in [2.24, 2.45) is 0 Å². The van der Waals surface area contributed by atoms with E-state index in [1.807, 2.05) is 0 Å². The number of nitrogens with zero attached hydrogens (tertiary/aromatic N) is 1. The molecule has 1 aliphatic rings. The average molecular weight is 258 g/mol. The third kappa shape index (κ3) is 1.75. The number of nitrogens with one attached hydrogen (secondary N) is 1. The maximum atomic E-state index is 12.2. The van der Waals surface area contributed by atoms with E-state index in [2.05, 4.69) is 4.98 Å². The van der Waals surface area contributed by atoms with Crippen LogP contribution in [0.3, 0.4) is 0 Å². The van der Waals surface area contributed by atoms with Crippen LogP contribution >= 0.6 is 0 Å². The molecular formula is C10H14N2O4S. The summed E-state index contributed by atoms with van der Waals surface area (Å²) in [6, 6.07) is 3.00. The molecule has 0 aromatic carbocycles. The minimum absolute atomic E-state index is 0.0341. The van der Waals surface area contributed by atoms with Crippen LogP contribution in [0.4, 0.5) is 0 Å². The van der Waals surface area contributed by atoms with Gasteiger partial charge in [0.05, 0.1) is 0 Å². The molecule has 6 nitrogen and oxygen atoms in total. The maximum absolute atomic E-state index is 12.2. The Hall–Kier alpha value is -1.34. The summed E-state index contributed by atoms with van der Waals surface area (Å²) >= 11 is 0. The van der Waals surface area contributed by atoms with Gasteiger partial charge in [-0.3, -0.25) is 4.79 Å². The molecule has 0 bridgehead atoms. The molecule has 0 radical (unpaired) electrons. The number of hydrogen-bond donors (Lipinski definition) is 2. The van der Waals surface area contributed by atoms with Gasteiger partial charge in [-0.25, -0.2) is 8.42 Å². The number of aromatic nitrogens is 1. The van der Waals surface area contributed by atoms with Crippen molar-refractivity contribution in [3.63, 3.8) is 0 Å². The minimum atomic E-state index is -3.75. The van der Waals surface area contributed by atoms with Gasteiger partial charge in [-0.05, 0) is 31.9 Å². The molecule has 2 N–H and O–H groups in total. The van der Waals surface area contributed by atoms with E-state index in [9.17, 15) is 18.3 Å². The zero-order valence-corrected chi connectivity index (χ0v) is 10.2. The summed E-state index contributed by atoms with van der Waals surface area (Å²) in [5.41, 5.74) is -1.34. The molecule has 1 atom stereocenters. The average Bonchev–Trinajstić information content (AvgIpc) is 2.85. The van der Waals surface area contributed by atoms with Gasteiger partial charge in [-0.2, -0.15) is 4.31 Å². The smallest absolute Gasteiger partial charge is 0.324 e. The van der Waals surface area contributed by atoms with Crippen LogP contribution in [-0.4, -0.2) is 40.9 Å². The summed E-state index contributed by atoms with van der Waals surface area (Å²) in [5.74, 6) is -1.11. The van der Waals surface area contributed by atoms with Crippen molar-refractivity contribution in [3.8, 4) is 0 Å². The Balaban J connectivity index is 2.44. The summed E-state index contributed by atoms with van der Waals surface area (Å²) in [4.78, 5) is 13.8. The molecule has 1 aromatic heterocycles. The van der Waals surface area contributed by atoms with E-state index < -0.39 is 21.5 Å². The molecule has 0 aliphatic carbocycles. The number of carboxylic acid groups (broad SMARTS) is 1. The van der Waals surface area contributed by atoms with Crippen molar-refractivity contribution < 1.29 is 18.3 Å². The van der Waals surface area contributed by atoms with Gasteiger partial charge in [-0.15, -0.1) is 0 Å². The minimum Gasteiger partial charge on any atom is -0.480 e. The first-order chi connectivity index (χ1) is 7.89. The molecule has 17 heavy (non-hydrogen) atoms. The third-order valence-electron chi connectivity index (χ3n) is 3.17. The molecule has 2 heterocycles. The number of aromatic amines is 1. The SMILES string of the molecule is CC1(C(=O)O)CCCN1S(=O)(=O)c1ccc[nH]1. The molecule has 0 amide bonds. The van der Waals surface area contributed by atoms with Crippen LogP contribution in [0.15, 0.2) is 23.4 Å². The molecule has 0 spiro atoms. The lowest BCUT2D eigenvalue weighted by molar-refractivity contribution is -0.146. The summed E-state index contributed by atoms with van der Waals surface area (Å²) in [7, 11) is -3.75. The second-order valence-electron chi connectivity index (χ2n) is 4.29. The molecule has 2 rings (SSSR count). The zero-order chi connectivity index (χ0) is 12.7. The van der Waals surface area contributed by atoms with Crippen LogP contribution in [0.1, 0.15) is 19.8 Å². The lowest BCUT2D eigenvalue weighted by atomic mass is 10.0. The van der Waals surface area contributed by atoms with Crippen LogP contribution < -0.4 is 0 Å². The van der Waals surface area contributed by atoms with Gasteiger partial charge in [0.15, 0.2) is 0 Å². The number of rotatable bonds is 3. The largest absolute Gasteiger partial charge is 0.480 e. The van der Waals surface area contributed by atoms with Crippen LogP contribution in [0, 0.1) is 0 Å². The van der Waals surface area contributed by atoms with Gasteiger partial charge >= 0.3 is 5.97 Å². The topological polar surface area (TPSA) is 90.5 Å². The van der Waals surface area contributed by atoms with Crippen molar-refractivity contribution in [2.75, 3.05) is 6.54 Å². The first kappa shape index (κ1) is 12.1. The van der Waals surface area contributed by atoms with Gasteiger partial charge in [0.25, 0.3) is 10.0 Å². The Morgan fingerprint density at radius 1 is 1.59 bits per heavy atom. The number of carbonyl (C=O) groups is 1. The molecule has 1 aromatic rings. The number of carboxylic acids is 1. The van der Waals surface area contributed by atoms with E-state index in [4.69, 9.17) is 0 Å². The second kappa shape index (κ2) is 3.85. The van der Waals surface area contributed by atoms with Crippen molar-refractivity contribution in [1.82, 2.24) is 9.29 Å². The number of H-pyrrole nitrogens is 1. The van der Waals surface area contributed by atoms with E-state index in [1.54, 1.807) is 6.07 Å². The van der Waals surface area contributed by atoms with E-state index in [1.165, 1.54) is 19.2 Å². The predicted molar refractivity (Wildman–Crippen MR) is 60.0 cm³/mol. The summed E-state index contributed by atoms with van der Waals surface area (Å²) in [5, 5.41) is 9.22. The van der Waals surface area contributed by atoms with E-state index in [-0.39, 0.29) is 11.6 Å². The van der Waals surface area contributed by atoms with Gasteiger partial charge in [0, 0.05) is 12.7 Å². The molecule has 94 valence electrons. The Labute approximate surface area is 99.3 Å². The van der Waals surface area contributed by atoms with Gasteiger partial charge in [0.2, 0.25) is 0 Å². The summed E-state index contributed by atoms with van der Waals surface area (Å²) < 4.78 is 25.6. The highest BCUT2D eigenvalue weighted by Gasteiger charge is 2.49. The Morgan fingerprint density at radius 2 is 2.29 bits per heavy atom. The van der Waals surface area contributed by atoms with Crippen molar-refractivity contribution in [3.05, 3.63) is 18.3 Å². The van der Waals surface area contributed by atoms with Crippen LogP contribution in [0.2, 0.25) is 0 Å². The molecule has 1 aliphatic heterocycles. The summed E-state index contributed by atoms with van der Waals surface area (Å²) in [6.45, 7) is 1.69. The van der Waals surface area contributed by atoms with Crippen LogP contribution in [0.25, 0.3) is 0 Å². The van der Waals surface area contributed by atoms with Crippen LogP contribution in [-0.2, 0) is 14.8 Å². The Morgan fingerprint density at radius 3 is 2.82 bits per heavy atom. The molecule has 1 saturated heterocycles. The monoisotopic (exact) mass is 258 g/mol. The third-order valence-corrected chi connectivity index (χ3v) is 5.15. The van der Waals surface area contributed by atoms with Crippen molar-refractivity contribution in [2.45, 2.75) is 30.3 Å². The van der Waals surface area contributed by atoms with E-state index >= 15 is 0 Å². The number of sulfonamides is 1. The fourth-order valence-electron chi connectivity index (χ4n) is 2.13. The van der Waals surface area contributed by atoms with E-state index in [0.717, 1.165) is 4.31 Å². The lowest BCUT2D eigenvalue weighted by Gasteiger charge is -2.29. The Kier molecular flexibility index (Phi) is 2.75. The first-order valence-electron chi connectivity index (χ1n) is 5.29. The Bertz CT molecular complexity index is 523. The molecular weight excluding hydrogens is 244 g/mol. The predicted octanol–water partition coefficient (Wildman–Crippen LogP) is 0.642. The quantitative estimate of drug-likeness (QED) is 0.832. The molecule has 1 fully saturated rings. The number of hydrogen-bond acceptors (Lipinski definition) is 3. The maximum Gasteiger partial charge on any atom is 0.324 e. The highest BCUT2D eigenvalue weighted by atomic mass is 32.2. The fraction of sp³-hybridized carbons (Fsp3) is 0.500. The van der Waals surface area contributed by atoms with Gasteiger partial charge < -0.3 is 10.1 Å². The lowest BCUT2D eigenvalue weighted by Crippen LogP contribution is -2.50. The van der Waals surface area contributed by atoms with Crippen molar-refractivity contribution >= 4 is 16.0 Å². The fourth-order valence-corrected chi connectivity index (χ4v) is 3.90. The van der Waals surface area contributed by atoms with Gasteiger partial charge in [0.1, 0.15) is 10.6 Å². The highest BCUT2D eigenvalue weighted by Crippen LogP contribution is 2.34. The van der Waals surface area contributed by atoms with Crippen LogP contribution in [0.5, 0.6) is 0 Å². The van der Waals surface area contributed by atoms with Crippen molar-refractivity contribution in [1.29, 1.82) is 0 Å². The normalized spacial score (nSPS) is 26.2. The number of aliphatic carboxylic acids is 1. The second-order valence-corrected chi connectivity index (χ2v) is 6.12. The zero-order valence-electron chi connectivity index (χ0n) is 9.38. The standard InChI is InChI=1S/C10H14N2O4S/c1-10(9(13)14)5-3-7-12(10)17(15,16)8-4-2-6-11-8/h2,4,6,11H,3,5,7H2,1H3,(H,13,14). The van der Waals surface area contributed by atoms with E-state index in [0.29, 0.717) is 12.8 Å². The first-order valence-corrected chi connectivity index (χ1v) is 6.73. The summed E-state index contributed by atoms with van der Waals surface area (Å²) in [6.07, 6.45) is 2.39. The van der Waals surface area contributed by atoms with Gasteiger partial charge in [-0.1, -0.05) is 0 Å². The molecule has 0 saturated carbocycles. The highest BCUT2D eigenvalue weighted by molar-refractivity contribution is 7.89. The molecule has 1 unspecified atom stereocenters. The molecule has 7 heteroatoms.